The first kappa shape index (κ1) is 13.5. The maximum absolute atomic E-state index is 13.8. The average Bonchev–Trinajstić information content (AvgIpc) is 2.98. The molecule has 1 saturated carbocycles. The first-order chi connectivity index (χ1) is 11.6. The number of Topliss-reactive ketones (excluding diaryl/α,β-unsaturated/α-hetero) is 1. The number of fused-ring (bicyclic) bond motifs is 2. The third-order valence-corrected chi connectivity index (χ3v) is 7.82. The van der Waals surface area contributed by atoms with Gasteiger partial charge in [0.15, 0.2) is 5.78 Å². The molecule has 7 rings (SSSR count). The quantitative estimate of drug-likeness (QED) is 0.743. The summed E-state index contributed by atoms with van der Waals surface area (Å²) in [4.78, 5) is 18.6. The molecule has 1 unspecified atom stereocenters. The van der Waals surface area contributed by atoms with Crippen LogP contribution in [-0.4, -0.2) is 47.5 Å². The average molecular weight is 322 g/mol. The topological polar surface area (TPSA) is 43.8 Å². The molecule has 7 atom stereocenters. The lowest BCUT2D eigenvalue weighted by molar-refractivity contribution is -0.126. The number of hydrogen-bond donors (Lipinski definition) is 1. The van der Waals surface area contributed by atoms with Gasteiger partial charge in [-0.3, -0.25) is 9.69 Å². The number of allylic oxidation sites excluding steroid dienone is 1. The number of carbonyl (C=O) groups excluding carboxylic acids is 1. The molecule has 5 aliphatic heterocycles. The zero-order valence-corrected chi connectivity index (χ0v) is 14.1. The predicted octanol–water partition coefficient (Wildman–Crippen LogP) is 2.07. The molecule has 1 aliphatic carbocycles. The van der Waals surface area contributed by atoms with E-state index in [0.29, 0.717) is 29.5 Å². The Morgan fingerprint density at radius 1 is 1.33 bits per heavy atom. The normalized spacial score (nSPS) is 48.3. The van der Waals surface area contributed by atoms with Crippen LogP contribution in [0.25, 0.3) is 0 Å². The summed E-state index contributed by atoms with van der Waals surface area (Å²) < 4.78 is 0. The first-order valence-corrected chi connectivity index (χ1v) is 9.10. The Labute approximate surface area is 141 Å². The Hall–Kier alpha value is -1.81. The number of phenols is 1. The fourth-order valence-corrected chi connectivity index (χ4v) is 7.14. The molecule has 4 saturated heterocycles. The molecule has 1 N–H and O–H groups in total. The zero-order chi connectivity index (χ0) is 16.4. The summed E-state index contributed by atoms with van der Waals surface area (Å²) in [7, 11) is 2.07. The number of para-hydroxylation sites is 1. The van der Waals surface area contributed by atoms with Gasteiger partial charge in [-0.25, -0.2) is 0 Å². The maximum Gasteiger partial charge on any atom is 0.150 e. The van der Waals surface area contributed by atoms with E-state index in [-0.39, 0.29) is 12.0 Å². The Balaban J connectivity index is 1.64. The van der Waals surface area contributed by atoms with Crippen molar-refractivity contribution in [2.45, 2.75) is 43.3 Å². The highest BCUT2D eigenvalue weighted by Crippen LogP contribution is 2.67. The highest BCUT2D eigenvalue weighted by atomic mass is 16.3. The second-order valence-electron chi connectivity index (χ2n) is 8.31. The van der Waals surface area contributed by atoms with Gasteiger partial charge in [-0.2, -0.15) is 0 Å². The van der Waals surface area contributed by atoms with Crippen LogP contribution < -0.4 is 4.90 Å². The molecule has 5 heterocycles. The molecular weight excluding hydrogens is 300 g/mol. The smallest absolute Gasteiger partial charge is 0.150 e. The standard InChI is InChI=1S/C20H22N2O2/c1-3-10-9-22-13-7-11(10)16-14(22)8-20(19(16)24)12-5-4-6-15(23)17(12)21(2)18(13)20/h3-6,11,13-14,16,18,23H,7-9H2,1-2H3/b10-3+/t11-,13-,14-,16-,18-,20+/m0/s1. The van der Waals surface area contributed by atoms with Crippen molar-refractivity contribution in [1.82, 2.24) is 4.90 Å². The molecule has 1 spiro atoms. The maximum atomic E-state index is 13.8. The van der Waals surface area contributed by atoms with Crippen LogP contribution in [0.2, 0.25) is 0 Å². The number of aromatic hydroxyl groups is 1. The summed E-state index contributed by atoms with van der Waals surface area (Å²) in [6.45, 7) is 3.15. The minimum atomic E-state index is -0.392. The first-order valence-electron chi connectivity index (χ1n) is 9.10. The van der Waals surface area contributed by atoms with Crippen LogP contribution in [0.15, 0.2) is 29.8 Å². The number of nitrogens with zero attached hydrogens (tertiary/aromatic N) is 2. The largest absolute Gasteiger partial charge is 0.506 e. The van der Waals surface area contributed by atoms with Crippen molar-refractivity contribution in [1.29, 1.82) is 0 Å². The minimum absolute atomic E-state index is 0.160. The van der Waals surface area contributed by atoms with Gasteiger partial charge in [-0.05, 0) is 37.3 Å². The number of ketones is 1. The van der Waals surface area contributed by atoms with Crippen LogP contribution in [0.3, 0.4) is 0 Å². The summed E-state index contributed by atoms with van der Waals surface area (Å²) in [5.74, 6) is 1.37. The van der Waals surface area contributed by atoms with Gasteiger partial charge >= 0.3 is 0 Å². The summed E-state index contributed by atoms with van der Waals surface area (Å²) in [6.07, 6.45) is 4.27. The van der Waals surface area contributed by atoms with Gasteiger partial charge in [0.05, 0.1) is 17.1 Å². The second kappa shape index (κ2) is 3.88. The highest BCUT2D eigenvalue weighted by Gasteiger charge is 2.74. The number of phenolic OH excluding ortho intramolecular Hbond substituents is 1. The molecule has 1 aromatic carbocycles. The van der Waals surface area contributed by atoms with E-state index in [1.807, 2.05) is 6.07 Å². The Bertz CT molecular complexity index is 831. The molecule has 1 aromatic rings. The lowest BCUT2D eigenvalue weighted by Gasteiger charge is -2.58. The van der Waals surface area contributed by atoms with Gasteiger partial charge in [0.25, 0.3) is 0 Å². The van der Waals surface area contributed by atoms with Crippen LogP contribution in [0, 0.1) is 11.8 Å². The van der Waals surface area contributed by atoms with Gasteiger partial charge in [0.1, 0.15) is 5.75 Å². The second-order valence-corrected chi connectivity index (χ2v) is 8.31. The fraction of sp³-hybridized carbons (Fsp3) is 0.550. The van der Waals surface area contributed by atoms with Crippen molar-refractivity contribution in [3.8, 4) is 5.75 Å². The summed E-state index contributed by atoms with van der Waals surface area (Å²) >= 11 is 0. The molecular formula is C20H22N2O2. The molecule has 4 heteroatoms. The zero-order valence-electron chi connectivity index (χ0n) is 14.1. The molecule has 0 radical (unpaired) electrons. The van der Waals surface area contributed by atoms with Crippen LogP contribution in [-0.2, 0) is 10.2 Å². The van der Waals surface area contributed by atoms with Crippen molar-refractivity contribution in [2.24, 2.45) is 11.8 Å². The highest BCUT2D eigenvalue weighted by molar-refractivity contribution is 6.02. The monoisotopic (exact) mass is 322 g/mol. The van der Waals surface area contributed by atoms with Crippen molar-refractivity contribution in [3.05, 3.63) is 35.4 Å². The number of likely N-dealkylation sites (N-methyl/N-ethyl adjacent to an activating group) is 1. The van der Waals surface area contributed by atoms with E-state index in [1.165, 1.54) is 5.57 Å². The molecule has 0 amide bonds. The van der Waals surface area contributed by atoms with E-state index >= 15 is 0 Å². The molecule has 5 fully saturated rings. The third kappa shape index (κ3) is 1.13. The number of rotatable bonds is 0. The van der Waals surface area contributed by atoms with Crippen LogP contribution >= 0.6 is 0 Å². The Morgan fingerprint density at radius 3 is 2.96 bits per heavy atom. The number of piperidine rings is 4. The van der Waals surface area contributed by atoms with Gasteiger partial charge in [-0.15, -0.1) is 0 Å². The summed E-state index contributed by atoms with van der Waals surface area (Å²) in [5.41, 5.74) is 3.06. The number of carbonyl (C=O) groups is 1. The van der Waals surface area contributed by atoms with E-state index < -0.39 is 5.41 Å². The molecule has 0 aromatic heterocycles. The van der Waals surface area contributed by atoms with Gasteiger partial charge < -0.3 is 10.0 Å². The van der Waals surface area contributed by atoms with Crippen molar-refractivity contribution in [2.75, 3.05) is 18.5 Å². The number of benzene rings is 1. The molecule has 124 valence electrons. The van der Waals surface area contributed by atoms with E-state index in [0.717, 1.165) is 30.6 Å². The lowest BCUT2D eigenvalue weighted by atomic mass is 9.65. The van der Waals surface area contributed by atoms with Gasteiger partial charge in [-0.1, -0.05) is 23.8 Å². The molecule has 24 heavy (non-hydrogen) atoms. The van der Waals surface area contributed by atoms with E-state index in [4.69, 9.17) is 0 Å². The van der Waals surface area contributed by atoms with Crippen molar-refractivity contribution in [3.63, 3.8) is 0 Å². The van der Waals surface area contributed by atoms with E-state index in [9.17, 15) is 9.90 Å². The number of hydrogen-bond acceptors (Lipinski definition) is 4. The van der Waals surface area contributed by atoms with Crippen molar-refractivity contribution >= 4 is 11.5 Å². The van der Waals surface area contributed by atoms with E-state index in [2.05, 4.69) is 35.9 Å². The Morgan fingerprint density at radius 2 is 2.17 bits per heavy atom. The van der Waals surface area contributed by atoms with Crippen molar-refractivity contribution < 1.29 is 9.90 Å². The molecule has 5 bridgehead atoms. The number of anilines is 1. The fourth-order valence-electron chi connectivity index (χ4n) is 7.14. The van der Waals surface area contributed by atoms with Crippen LogP contribution in [0.5, 0.6) is 5.75 Å². The van der Waals surface area contributed by atoms with Crippen LogP contribution in [0.1, 0.15) is 25.3 Å². The SMILES string of the molecule is C/C=C1\CN2[C@H]3C[C@]45C(=O)[C@H]3[C@H]1C[C@H]2[C@@H]4N(C)c1c(O)cccc15. The predicted molar refractivity (Wildman–Crippen MR) is 91.2 cm³/mol. The Kier molecular flexibility index (Phi) is 2.18. The van der Waals surface area contributed by atoms with Crippen LogP contribution in [0.4, 0.5) is 5.69 Å². The van der Waals surface area contributed by atoms with Gasteiger partial charge in [0, 0.05) is 31.6 Å². The lowest BCUT2D eigenvalue weighted by Crippen LogP contribution is -2.68. The minimum Gasteiger partial charge on any atom is -0.506 e. The van der Waals surface area contributed by atoms with E-state index in [1.54, 1.807) is 6.07 Å². The molecule has 6 aliphatic rings. The third-order valence-electron chi connectivity index (χ3n) is 7.82. The van der Waals surface area contributed by atoms with Gasteiger partial charge in [0.2, 0.25) is 0 Å². The summed E-state index contributed by atoms with van der Waals surface area (Å²) in [6, 6.07) is 6.76. The molecule has 4 nitrogen and oxygen atoms in total. The summed E-state index contributed by atoms with van der Waals surface area (Å²) in [5, 5.41) is 10.5.